The summed E-state index contributed by atoms with van der Waals surface area (Å²) in [6, 6.07) is 9.65. The monoisotopic (exact) mass is 350 g/mol. The smallest absolute Gasteiger partial charge is 0.220 e. The maximum absolute atomic E-state index is 12.2. The Morgan fingerprint density at radius 3 is 2.46 bits per heavy atom. The van der Waals surface area contributed by atoms with Crippen molar-refractivity contribution in [3.8, 4) is 0 Å². The third kappa shape index (κ3) is 4.57. The van der Waals surface area contributed by atoms with E-state index in [4.69, 9.17) is 0 Å². The molecule has 2 atom stereocenters. The van der Waals surface area contributed by atoms with Crippen molar-refractivity contribution in [2.45, 2.75) is 55.5 Å². The molecule has 0 aliphatic carbocycles. The maximum atomic E-state index is 12.2. The van der Waals surface area contributed by atoms with Crippen molar-refractivity contribution >= 4 is 15.7 Å². The van der Waals surface area contributed by atoms with Crippen molar-refractivity contribution in [2.75, 3.05) is 12.3 Å². The maximum Gasteiger partial charge on any atom is 0.220 e. The number of hydrogen-bond acceptors (Lipinski definition) is 4. The Balaban J connectivity index is 1.36. The predicted molar refractivity (Wildman–Crippen MR) is 93.4 cm³/mol. The third-order valence-electron chi connectivity index (χ3n) is 5.06. The van der Waals surface area contributed by atoms with Crippen molar-refractivity contribution in [3.05, 3.63) is 30.3 Å². The molecule has 2 N–H and O–H groups in total. The number of sulfone groups is 1. The van der Waals surface area contributed by atoms with Gasteiger partial charge >= 0.3 is 0 Å². The van der Waals surface area contributed by atoms with Crippen LogP contribution in [0.4, 0.5) is 0 Å². The van der Waals surface area contributed by atoms with Crippen LogP contribution < -0.4 is 10.6 Å². The third-order valence-corrected chi connectivity index (χ3v) is 6.88. The van der Waals surface area contributed by atoms with Gasteiger partial charge in [-0.2, -0.15) is 0 Å². The van der Waals surface area contributed by atoms with Gasteiger partial charge in [0.25, 0.3) is 0 Å². The van der Waals surface area contributed by atoms with Crippen LogP contribution in [0.25, 0.3) is 0 Å². The van der Waals surface area contributed by atoms with Crippen LogP contribution in [0.3, 0.4) is 0 Å². The molecule has 5 nitrogen and oxygen atoms in total. The van der Waals surface area contributed by atoms with Crippen molar-refractivity contribution < 1.29 is 13.2 Å². The fourth-order valence-electron chi connectivity index (χ4n) is 3.91. The number of hydrogen-bond donors (Lipinski definition) is 2. The summed E-state index contributed by atoms with van der Waals surface area (Å²) in [6.45, 7) is 0.419. The molecule has 0 saturated carbocycles. The zero-order chi connectivity index (χ0) is 17.0. The Kier molecular flexibility index (Phi) is 5.56. The second-order valence-electron chi connectivity index (χ2n) is 7.01. The topological polar surface area (TPSA) is 75.3 Å². The Morgan fingerprint density at radius 2 is 1.79 bits per heavy atom. The second kappa shape index (κ2) is 7.66. The van der Waals surface area contributed by atoms with E-state index in [-0.39, 0.29) is 11.7 Å². The molecule has 1 aromatic carbocycles. The molecule has 0 spiro atoms. The lowest BCUT2D eigenvalue weighted by molar-refractivity contribution is -0.122. The lowest BCUT2D eigenvalue weighted by Gasteiger charge is -2.28. The van der Waals surface area contributed by atoms with Crippen LogP contribution in [0, 0.1) is 5.92 Å². The van der Waals surface area contributed by atoms with Gasteiger partial charge < -0.3 is 10.6 Å². The molecule has 1 aromatic rings. The molecule has 2 aliphatic rings. The summed E-state index contributed by atoms with van der Waals surface area (Å²) < 4.78 is 24.3. The summed E-state index contributed by atoms with van der Waals surface area (Å²) in [7, 11) is -3.25. The second-order valence-corrected chi connectivity index (χ2v) is 9.12. The molecule has 2 heterocycles. The van der Waals surface area contributed by atoms with E-state index >= 15 is 0 Å². The van der Waals surface area contributed by atoms with Gasteiger partial charge in [0.15, 0.2) is 9.84 Å². The van der Waals surface area contributed by atoms with Gasteiger partial charge in [-0.3, -0.25) is 4.79 Å². The molecular weight excluding hydrogens is 324 g/mol. The average Bonchev–Trinajstić information content (AvgIpc) is 2.91. The first-order chi connectivity index (χ1) is 11.5. The van der Waals surface area contributed by atoms with Gasteiger partial charge in [-0.25, -0.2) is 8.42 Å². The lowest BCUT2D eigenvalue weighted by Crippen LogP contribution is -2.39. The molecule has 2 aliphatic heterocycles. The first-order valence-electron chi connectivity index (χ1n) is 8.83. The molecule has 24 heavy (non-hydrogen) atoms. The first kappa shape index (κ1) is 17.4. The van der Waals surface area contributed by atoms with Gasteiger partial charge in [0, 0.05) is 25.0 Å². The van der Waals surface area contributed by atoms with E-state index in [1.165, 1.54) is 12.8 Å². The molecule has 2 saturated heterocycles. The highest BCUT2D eigenvalue weighted by Gasteiger charge is 2.34. The van der Waals surface area contributed by atoms with E-state index in [1.807, 2.05) is 0 Å². The predicted octanol–water partition coefficient (Wildman–Crippen LogP) is 1.89. The van der Waals surface area contributed by atoms with Gasteiger partial charge in [0.05, 0.1) is 10.6 Å². The number of benzene rings is 1. The highest BCUT2D eigenvalue weighted by molar-refractivity contribution is 7.91. The average molecular weight is 350 g/mol. The number of piperidine rings is 1. The molecule has 1 amide bonds. The number of amides is 1. The number of rotatable bonds is 7. The zero-order valence-corrected chi connectivity index (χ0v) is 14.7. The minimum atomic E-state index is -3.25. The fourth-order valence-corrected chi connectivity index (χ4v) is 5.24. The Bertz CT molecular complexity index is 648. The summed E-state index contributed by atoms with van der Waals surface area (Å²) in [4.78, 5) is 12.4. The van der Waals surface area contributed by atoms with E-state index in [1.54, 1.807) is 30.3 Å². The van der Waals surface area contributed by atoms with E-state index in [9.17, 15) is 13.2 Å². The van der Waals surface area contributed by atoms with Gasteiger partial charge in [0.2, 0.25) is 5.91 Å². The standard InChI is InChI=1S/C18H26N2O3S/c21-18(13-14-11-15-7-8-16(12-14)20-15)19-9-4-10-24(22,23)17-5-2-1-3-6-17/h1-3,5-6,14-16,20H,4,7-13H2,(H,19,21). The normalized spacial score (nSPS) is 26.2. The minimum absolute atomic E-state index is 0.0541. The van der Waals surface area contributed by atoms with Crippen LogP contribution in [0.2, 0.25) is 0 Å². The highest BCUT2D eigenvalue weighted by Crippen LogP contribution is 2.32. The number of carbonyl (C=O) groups is 1. The molecule has 0 aromatic heterocycles. The lowest BCUT2D eigenvalue weighted by atomic mass is 9.89. The fraction of sp³-hybridized carbons (Fsp3) is 0.611. The first-order valence-corrected chi connectivity index (χ1v) is 10.5. The largest absolute Gasteiger partial charge is 0.356 e. The van der Waals surface area contributed by atoms with Gasteiger partial charge in [-0.1, -0.05) is 18.2 Å². The molecule has 0 radical (unpaired) electrons. The SMILES string of the molecule is O=C(CC1CC2CCC(C1)N2)NCCCS(=O)(=O)c1ccccc1. The number of fused-ring (bicyclic) bond motifs is 2. The quantitative estimate of drug-likeness (QED) is 0.737. The minimum Gasteiger partial charge on any atom is -0.356 e. The Labute approximate surface area is 144 Å². The summed E-state index contributed by atoms with van der Waals surface area (Å²) in [6.07, 6.45) is 5.67. The summed E-state index contributed by atoms with van der Waals surface area (Å²) >= 11 is 0. The van der Waals surface area contributed by atoms with Crippen LogP contribution in [0.1, 0.15) is 38.5 Å². The van der Waals surface area contributed by atoms with Gasteiger partial charge in [-0.05, 0) is 50.2 Å². The van der Waals surface area contributed by atoms with E-state index in [0.29, 0.717) is 42.3 Å². The van der Waals surface area contributed by atoms with E-state index in [2.05, 4.69) is 10.6 Å². The molecule has 2 bridgehead atoms. The number of carbonyl (C=O) groups excluding carboxylic acids is 1. The number of nitrogens with one attached hydrogen (secondary N) is 2. The Hall–Kier alpha value is -1.40. The van der Waals surface area contributed by atoms with Gasteiger partial charge in [0.1, 0.15) is 0 Å². The van der Waals surface area contributed by atoms with Crippen LogP contribution >= 0.6 is 0 Å². The van der Waals surface area contributed by atoms with E-state index in [0.717, 1.165) is 12.8 Å². The molecule has 2 unspecified atom stereocenters. The van der Waals surface area contributed by atoms with Crippen LogP contribution in [0.15, 0.2) is 35.2 Å². The van der Waals surface area contributed by atoms with Crippen LogP contribution in [-0.2, 0) is 14.6 Å². The molecular formula is C18H26N2O3S. The molecule has 6 heteroatoms. The summed E-state index contributed by atoms with van der Waals surface area (Å²) in [5, 5.41) is 6.46. The van der Waals surface area contributed by atoms with Crippen LogP contribution in [-0.4, -0.2) is 38.7 Å². The zero-order valence-electron chi connectivity index (χ0n) is 13.9. The molecule has 132 valence electrons. The van der Waals surface area contributed by atoms with Gasteiger partial charge in [-0.15, -0.1) is 0 Å². The van der Waals surface area contributed by atoms with E-state index < -0.39 is 9.84 Å². The highest BCUT2D eigenvalue weighted by atomic mass is 32.2. The summed E-state index contributed by atoms with van der Waals surface area (Å²) in [5.41, 5.74) is 0. The van der Waals surface area contributed by atoms with Crippen molar-refractivity contribution in [1.82, 2.24) is 10.6 Å². The Morgan fingerprint density at radius 1 is 1.12 bits per heavy atom. The van der Waals surface area contributed by atoms with Crippen LogP contribution in [0.5, 0.6) is 0 Å². The summed E-state index contributed by atoms with van der Waals surface area (Å²) in [5.74, 6) is 0.588. The van der Waals surface area contributed by atoms with Crippen molar-refractivity contribution in [3.63, 3.8) is 0 Å². The molecule has 2 fully saturated rings. The molecule has 3 rings (SSSR count). The van der Waals surface area contributed by atoms with Crippen molar-refractivity contribution in [1.29, 1.82) is 0 Å². The van der Waals surface area contributed by atoms with Crippen molar-refractivity contribution in [2.24, 2.45) is 5.92 Å².